The molecule has 0 unspecified atom stereocenters. The normalized spacial score (nSPS) is 11.4. The Morgan fingerprint density at radius 3 is 2.58 bits per heavy atom. The molecule has 4 aromatic rings. The molecule has 1 heterocycles. The summed E-state index contributed by atoms with van der Waals surface area (Å²) in [5.74, 6) is 0.732. The lowest BCUT2D eigenvalue weighted by atomic mass is 10.1. The van der Waals surface area contributed by atoms with Gasteiger partial charge in [-0.15, -0.1) is 0 Å². The number of aromatic nitrogens is 1. The summed E-state index contributed by atoms with van der Waals surface area (Å²) in [5.41, 5.74) is 1.49. The number of hydrogen-bond donors (Lipinski definition) is 0. The lowest BCUT2D eigenvalue weighted by molar-refractivity contribution is 0.0986. The van der Waals surface area contributed by atoms with E-state index in [0.29, 0.717) is 23.8 Å². The third-order valence-electron chi connectivity index (χ3n) is 5.13. The summed E-state index contributed by atoms with van der Waals surface area (Å²) < 4.78 is 6.77. The van der Waals surface area contributed by atoms with Gasteiger partial charge in [-0.05, 0) is 69.0 Å². The van der Waals surface area contributed by atoms with Gasteiger partial charge < -0.3 is 9.64 Å². The van der Waals surface area contributed by atoms with E-state index in [1.807, 2.05) is 80.5 Å². The van der Waals surface area contributed by atoms with Crippen LogP contribution in [0.25, 0.3) is 21.0 Å². The highest BCUT2D eigenvalue weighted by molar-refractivity contribution is 7.22. The number of ether oxygens (including phenoxy) is 1. The second-order valence-corrected chi connectivity index (χ2v) is 8.72. The molecule has 3 aromatic carbocycles. The van der Waals surface area contributed by atoms with E-state index in [4.69, 9.17) is 9.72 Å². The first kappa shape index (κ1) is 21.3. The predicted octanol–water partition coefficient (Wildman–Crippen LogP) is 5.45. The molecule has 0 saturated heterocycles. The quantitative estimate of drug-likeness (QED) is 0.371. The molecule has 5 nitrogen and oxygen atoms in total. The van der Waals surface area contributed by atoms with Gasteiger partial charge in [0.2, 0.25) is 0 Å². The van der Waals surface area contributed by atoms with Crippen molar-refractivity contribution in [3.8, 4) is 5.75 Å². The fourth-order valence-electron chi connectivity index (χ4n) is 3.61. The van der Waals surface area contributed by atoms with Crippen molar-refractivity contribution in [2.45, 2.75) is 13.3 Å². The molecule has 1 aromatic heterocycles. The second kappa shape index (κ2) is 9.45. The van der Waals surface area contributed by atoms with Gasteiger partial charge in [0.25, 0.3) is 5.91 Å². The molecule has 0 spiro atoms. The van der Waals surface area contributed by atoms with Crippen molar-refractivity contribution in [1.82, 2.24) is 9.88 Å². The smallest absolute Gasteiger partial charge is 0.260 e. The van der Waals surface area contributed by atoms with E-state index in [1.54, 1.807) is 0 Å². The van der Waals surface area contributed by atoms with Gasteiger partial charge in [0, 0.05) is 12.1 Å². The van der Waals surface area contributed by atoms with E-state index in [0.717, 1.165) is 39.7 Å². The summed E-state index contributed by atoms with van der Waals surface area (Å²) in [4.78, 5) is 22.4. The molecule has 0 N–H and O–H groups in total. The summed E-state index contributed by atoms with van der Waals surface area (Å²) in [6, 6.07) is 19.9. The maximum atomic E-state index is 13.6. The maximum absolute atomic E-state index is 13.6. The molecule has 6 heteroatoms. The van der Waals surface area contributed by atoms with Crippen molar-refractivity contribution < 1.29 is 9.53 Å². The highest BCUT2D eigenvalue weighted by Crippen LogP contribution is 2.35. The van der Waals surface area contributed by atoms with Crippen LogP contribution in [0, 0.1) is 0 Å². The van der Waals surface area contributed by atoms with Crippen molar-refractivity contribution >= 4 is 43.4 Å². The SMILES string of the molecule is CCOc1cccc2sc(N(CCCN(C)C)C(=O)c3ccc4ccccc4c3)nc12. The largest absolute Gasteiger partial charge is 0.492 e. The lowest BCUT2D eigenvalue weighted by Gasteiger charge is -2.21. The van der Waals surface area contributed by atoms with Crippen LogP contribution in [-0.4, -0.2) is 49.6 Å². The zero-order chi connectivity index (χ0) is 21.8. The Morgan fingerprint density at radius 1 is 1.00 bits per heavy atom. The maximum Gasteiger partial charge on any atom is 0.260 e. The molecule has 0 aliphatic heterocycles. The topological polar surface area (TPSA) is 45.7 Å². The average molecular weight is 434 g/mol. The summed E-state index contributed by atoms with van der Waals surface area (Å²) in [6.07, 6.45) is 0.862. The van der Waals surface area contributed by atoms with Gasteiger partial charge in [-0.25, -0.2) is 4.98 Å². The van der Waals surface area contributed by atoms with E-state index < -0.39 is 0 Å². The van der Waals surface area contributed by atoms with Crippen LogP contribution in [0.15, 0.2) is 60.7 Å². The lowest BCUT2D eigenvalue weighted by Crippen LogP contribution is -2.33. The fraction of sp³-hybridized carbons (Fsp3) is 0.280. The Morgan fingerprint density at radius 2 is 1.81 bits per heavy atom. The Labute approximate surface area is 186 Å². The number of fused-ring (bicyclic) bond motifs is 2. The monoisotopic (exact) mass is 433 g/mol. The van der Waals surface area contributed by atoms with Gasteiger partial charge >= 0.3 is 0 Å². The summed E-state index contributed by atoms with van der Waals surface area (Å²) >= 11 is 1.53. The number of hydrogen-bond acceptors (Lipinski definition) is 5. The van der Waals surface area contributed by atoms with Gasteiger partial charge in [-0.3, -0.25) is 9.69 Å². The minimum absolute atomic E-state index is 0.0264. The van der Waals surface area contributed by atoms with E-state index in [1.165, 1.54) is 11.3 Å². The third-order valence-corrected chi connectivity index (χ3v) is 6.17. The number of rotatable bonds is 8. The van der Waals surface area contributed by atoms with Crippen LogP contribution >= 0.6 is 11.3 Å². The molecular formula is C25H27N3O2S. The summed E-state index contributed by atoms with van der Waals surface area (Å²) in [6.45, 7) is 4.04. The number of amides is 1. The molecule has 0 atom stereocenters. The number of anilines is 1. The minimum atomic E-state index is -0.0264. The Bertz CT molecular complexity index is 1200. The Kier molecular flexibility index (Phi) is 6.49. The van der Waals surface area contributed by atoms with Crippen LogP contribution in [0.3, 0.4) is 0 Å². The molecule has 0 saturated carbocycles. The Balaban J connectivity index is 1.71. The van der Waals surface area contributed by atoms with Gasteiger partial charge in [0.05, 0.1) is 11.3 Å². The van der Waals surface area contributed by atoms with E-state index in [-0.39, 0.29) is 5.91 Å². The molecular weight excluding hydrogens is 406 g/mol. The number of benzene rings is 3. The van der Waals surface area contributed by atoms with Crippen molar-refractivity contribution in [3.05, 3.63) is 66.2 Å². The first-order valence-electron chi connectivity index (χ1n) is 10.5. The first-order chi connectivity index (χ1) is 15.1. The van der Waals surface area contributed by atoms with Crippen molar-refractivity contribution in [2.24, 2.45) is 0 Å². The van der Waals surface area contributed by atoms with Gasteiger partial charge in [0.15, 0.2) is 5.13 Å². The van der Waals surface area contributed by atoms with E-state index in [9.17, 15) is 4.79 Å². The fourth-order valence-corrected chi connectivity index (χ4v) is 4.61. The second-order valence-electron chi connectivity index (χ2n) is 7.71. The number of carbonyl (C=O) groups is 1. The predicted molar refractivity (Wildman–Crippen MR) is 130 cm³/mol. The number of carbonyl (C=O) groups excluding carboxylic acids is 1. The van der Waals surface area contributed by atoms with Gasteiger partial charge in [-0.2, -0.15) is 0 Å². The zero-order valence-electron chi connectivity index (χ0n) is 18.2. The first-order valence-corrected chi connectivity index (χ1v) is 11.4. The molecule has 160 valence electrons. The highest BCUT2D eigenvalue weighted by Gasteiger charge is 2.22. The van der Waals surface area contributed by atoms with Crippen LogP contribution < -0.4 is 9.64 Å². The third kappa shape index (κ3) is 4.70. The van der Waals surface area contributed by atoms with E-state index >= 15 is 0 Å². The molecule has 1 amide bonds. The van der Waals surface area contributed by atoms with Gasteiger partial charge in [-0.1, -0.05) is 47.7 Å². The Hall–Kier alpha value is -2.96. The van der Waals surface area contributed by atoms with Crippen molar-refractivity contribution in [1.29, 1.82) is 0 Å². The molecule has 0 radical (unpaired) electrons. The van der Waals surface area contributed by atoms with Crippen LogP contribution in [-0.2, 0) is 0 Å². The molecule has 31 heavy (non-hydrogen) atoms. The van der Waals surface area contributed by atoms with Crippen LogP contribution in [0.5, 0.6) is 5.75 Å². The molecule has 0 aliphatic carbocycles. The molecule has 0 aliphatic rings. The van der Waals surface area contributed by atoms with Crippen LogP contribution in [0.2, 0.25) is 0 Å². The van der Waals surface area contributed by atoms with Crippen molar-refractivity contribution in [2.75, 3.05) is 38.7 Å². The molecule has 0 bridgehead atoms. The van der Waals surface area contributed by atoms with Gasteiger partial charge in [0.1, 0.15) is 11.3 Å². The summed E-state index contributed by atoms with van der Waals surface area (Å²) in [7, 11) is 4.09. The standard InChI is InChI=1S/C25H27N3O2S/c1-4-30-21-11-7-12-22-23(21)26-25(31-22)28(16-8-15-27(2)3)24(29)20-14-13-18-9-5-6-10-19(18)17-20/h5-7,9-14,17H,4,8,15-16H2,1-3H3. The zero-order valence-corrected chi connectivity index (χ0v) is 19.0. The van der Waals surface area contributed by atoms with Crippen LogP contribution in [0.1, 0.15) is 23.7 Å². The molecule has 4 rings (SSSR count). The minimum Gasteiger partial charge on any atom is -0.492 e. The highest BCUT2D eigenvalue weighted by atomic mass is 32.1. The van der Waals surface area contributed by atoms with Crippen LogP contribution in [0.4, 0.5) is 5.13 Å². The number of thiazole rings is 1. The number of para-hydroxylation sites is 1. The van der Waals surface area contributed by atoms with E-state index in [2.05, 4.69) is 11.0 Å². The average Bonchev–Trinajstić information content (AvgIpc) is 3.21. The van der Waals surface area contributed by atoms with Crippen molar-refractivity contribution in [3.63, 3.8) is 0 Å². The molecule has 0 fully saturated rings. The summed E-state index contributed by atoms with van der Waals surface area (Å²) in [5, 5.41) is 2.89. The number of nitrogens with zero attached hydrogens (tertiary/aromatic N) is 3.